The Morgan fingerprint density at radius 1 is 1.50 bits per heavy atom. The molecule has 0 aromatic heterocycles. The number of rotatable bonds is 1. The molecule has 1 saturated heterocycles. The molecule has 1 aliphatic heterocycles. The maximum Gasteiger partial charge on any atom is 0.254 e. The number of nitrogens with zero attached hydrogens (tertiary/aromatic N) is 1. The second kappa shape index (κ2) is 2.73. The van der Waals surface area contributed by atoms with Crippen LogP contribution in [0.1, 0.15) is 20.8 Å². The van der Waals surface area contributed by atoms with E-state index in [-0.39, 0.29) is 17.9 Å². The van der Waals surface area contributed by atoms with Crippen LogP contribution in [0.2, 0.25) is 0 Å². The van der Waals surface area contributed by atoms with E-state index in [1.54, 1.807) is 12.0 Å². The van der Waals surface area contributed by atoms with Crippen LogP contribution in [0.15, 0.2) is 0 Å². The number of hydrogen-bond donors (Lipinski definition) is 0. The van der Waals surface area contributed by atoms with Crippen molar-refractivity contribution in [3.63, 3.8) is 0 Å². The lowest BCUT2D eigenvalue weighted by atomic mass is 9.90. The average molecular weight is 171 g/mol. The smallest absolute Gasteiger partial charge is 0.254 e. The van der Waals surface area contributed by atoms with E-state index >= 15 is 0 Å². The summed E-state index contributed by atoms with van der Waals surface area (Å²) in [5.41, 5.74) is -0.617. The summed E-state index contributed by atoms with van der Waals surface area (Å²) in [5.74, 6) is 0.338. The normalized spacial score (nSPS) is 42.4. The molecule has 0 radical (unpaired) electrons. The number of likely N-dealkylation sites (N-methyl/N-ethyl adjacent to an activating group) is 1. The summed E-state index contributed by atoms with van der Waals surface area (Å²) in [4.78, 5) is 13.4. The van der Waals surface area contributed by atoms with Crippen LogP contribution in [0.4, 0.5) is 0 Å². The minimum Gasteiger partial charge on any atom is -0.368 e. The van der Waals surface area contributed by atoms with E-state index in [1.807, 2.05) is 20.9 Å². The summed E-state index contributed by atoms with van der Waals surface area (Å²) in [6.45, 7) is 5.96. The van der Waals surface area contributed by atoms with Gasteiger partial charge in [0.1, 0.15) is 5.60 Å². The van der Waals surface area contributed by atoms with E-state index in [9.17, 15) is 4.79 Å². The highest BCUT2D eigenvalue weighted by molar-refractivity contribution is 5.87. The van der Waals surface area contributed by atoms with Crippen LogP contribution in [0, 0.1) is 5.92 Å². The van der Waals surface area contributed by atoms with Crippen molar-refractivity contribution in [2.24, 2.45) is 5.92 Å². The van der Waals surface area contributed by atoms with Crippen molar-refractivity contribution in [1.82, 2.24) is 4.90 Å². The molecule has 0 spiro atoms. The topological polar surface area (TPSA) is 29.5 Å². The van der Waals surface area contributed by atoms with Gasteiger partial charge in [-0.15, -0.1) is 0 Å². The largest absolute Gasteiger partial charge is 0.368 e. The molecular formula is C9H17NO2. The lowest BCUT2D eigenvalue weighted by Gasteiger charge is -2.24. The van der Waals surface area contributed by atoms with Crippen molar-refractivity contribution >= 4 is 5.91 Å². The fraction of sp³-hybridized carbons (Fsp3) is 0.889. The Kier molecular flexibility index (Phi) is 2.17. The van der Waals surface area contributed by atoms with Gasteiger partial charge in [0.2, 0.25) is 0 Å². The maximum absolute atomic E-state index is 11.7. The highest BCUT2D eigenvalue weighted by Gasteiger charge is 2.51. The lowest BCUT2D eigenvalue weighted by molar-refractivity contribution is -0.145. The van der Waals surface area contributed by atoms with Crippen LogP contribution in [0.5, 0.6) is 0 Å². The van der Waals surface area contributed by atoms with Gasteiger partial charge in [-0.3, -0.25) is 4.79 Å². The summed E-state index contributed by atoms with van der Waals surface area (Å²) in [7, 11) is 3.42. The van der Waals surface area contributed by atoms with Crippen LogP contribution >= 0.6 is 0 Å². The molecular weight excluding hydrogens is 154 g/mol. The van der Waals surface area contributed by atoms with E-state index < -0.39 is 5.60 Å². The van der Waals surface area contributed by atoms with Gasteiger partial charge in [0.05, 0.1) is 0 Å². The molecule has 0 aromatic carbocycles. The zero-order valence-electron chi connectivity index (χ0n) is 8.42. The molecule has 3 nitrogen and oxygen atoms in total. The quantitative estimate of drug-likeness (QED) is 0.586. The first kappa shape index (κ1) is 9.52. The van der Waals surface area contributed by atoms with Gasteiger partial charge >= 0.3 is 0 Å². The monoisotopic (exact) mass is 171 g/mol. The van der Waals surface area contributed by atoms with Gasteiger partial charge in [0, 0.05) is 26.1 Å². The molecule has 3 heteroatoms. The second-order valence-electron chi connectivity index (χ2n) is 3.76. The van der Waals surface area contributed by atoms with E-state index in [0.29, 0.717) is 0 Å². The number of hydrogen-bond acceptors (Lipinski definition) is 2. The first-order valence-electron chi connectivity index (χ1n) is 4.27. The fourth-order valence-electron chi connectivity index (χ4n) is 1.80. The second-order valence-corrected chi connectivity index (χ2v) is 3.76. The number of likely N-dealkylation sites (tertiary alicyclic amines) is 1. The van der Waals surface area contributed by atoms with Crippen molar-refractivity contribution in [3.8, 4) is 0 Å². The molecule has 1 amide bonds. The zero-order chi connectivity index (χ0) is 9.52. The molecule has 1 rings (SSSR count). The van der Waals surface area contributed by atoms with E-state index in [4.69, 9.17) is 4.74 Å². The molecule has 1 fully saturated rings. The van der Waals surface area contributed by atoms with Crippen LogP contribution < -0.4 is 0 Å². The Morgan fingerprint density at radius 2 is 2.00 bits per heavy atom. The molecule has 1 heterocycles. The number of ether oxygens (including phenoxy) is 1. The third kappa shape index (κ3) is 0.959. The predicted octanol–water partition coefficient (Wildman–Crippen LogP) is 0.888. The Balaban J connectivity index is 2.98. The minimum absolute atomic E-state index is 0.0880. The average Bonchev–Trinajstić information content (AvgIpc) is 2.22. The zero-order valence-corrected chi connectivity index (χ0v) is 8.42. The first-order chi connectivity index (χ1) is 5.45. The van der Waals surface area contributed by atoms with Crippen molar-refractivity contribution < 1.29 is 9.53 Å². The van der Waals surface area contributed by atoms with Gasteiger partial charge in [-0.2, -0.15) is 0 Å². The van der Waals surface area contributed by atoms with Gasteiger partial charge in [0.15, 0.2) is 0 Å². The summed E-state index contributed by atoms with van der Waals surface area (Å²) in [6.07, 6.45) is 0. The SMILES string of the molecule is COC1(C)C(=O)N(C)C(C)C1C. The number of amides is 1. The highest BCUT2D eigenvalue weighted by Crippen LogP contribution is 2.35. The molecule has 3 atom stereocenters. The third-order valence-corrected chi connectivity index (χ3v) is 3.37. The number of methoxy groups -OCH3 is 1. The van der Waals surface area contributed by atoms with Gasteiger partial charge in [-0.1, -0.05) is 6.92 Å². The van der Waals surface area contributed by atoms with Crippen LogP contribution in [-0.2, 0) is 9.53 Å². The molecule has 0 saturated carbocycles. The van der Waals surface area contributed by atoms with Gasteiger partial charge in [-0.05, 0) is 13.8 Å². The van der Waals surface area contributed by atoms with Crippen LogP contribution in [0.25, 0.3) is 0 Å². The van der Waals surface area contributed by atoms with Crippen molar-refractivity contribution in [1.29, 1.82) is 0 Å². The molecule has 3 unspecified atom stereocenters. The van der Waals surface area contributed by atoms with Crippen LogP contribution in [0.3, 0.4) is 0 Å². The molecule has 0 aromatic rings. The van der Waals surface area contributed by atoms with Gasteiger partial charge in [0.25, 0.3) is 5.91 Å². The Bertz CT molecular complexity index is 205. The Hall–Kier alpha value is -0.570. The summed E-state index contributed by atoms with van der Waals surface area (Å²) in [5, 5.41) is 0. The van der Waals surface area contributed by atoms with Gasteiger partial charge < -0.3 is 9.64 Å². The minimum atomic E-state index is -0.617. The highest BCUT2D eigenvalue weighted by atomic mass is 16.5. The fourth-order valence-corrected chi connectivity index (χ4v) is 1.80. The maximum atomic E-state index is 11.7. The van der Waals surface area contributed by atoms with E-state index in [2.05, 4.69) is 6.92 Å². The molecule has 1 aliphatic rings. The summed E-state index contributed by atoms with van der Waals surface area (Å²) >= 11 is 0. The van der Waals surface area contributed by atoms with E-state index in [1.165, 1.54) is 0 Å². The Labute approximate surface area is 73.7 Å². The van der Waals surface area contributed by atoms with Gasteiger partial charge in [-0.25, -0.2) is 0 Å². The van der Waals surface area contributed by atoms with Crippen molar-refractivity contribution in [3.05, 3.63) is 0 Å². The first-order valence-corrected chi connectivity index (χ1v) is 4.27. The van der Waals surface area contributed by atoms with Crippen molar-refractivity contribution in [2.75, 3.05) is 14.2 Å². The van der Waals surface area contributed by atoms with Crippen LogP contribution in [-0.4, -0.2) is 36.6 Å². The molecule has 0 N–H and O–H groups in total. The molecule has 12 heavy (non-hydrogen) atoms. The van der Waals surface area contributed by atoms with Crippen molar-refractivity contribution in [2.45, 2.75) is 32.4 Å². The molecule has 70 valence electrons. The lowest BCUT2D eigenvalue weighted by Crippen LogP contribution is -2.40. The summed E-state index contributed by atoms with van der Waals surface area (Å²) < 4.78 is 5.27. The predicted molar refractivity (Wildman–Crippen MR) is 46.8 cm³/mol. The molecule has 0 aliphatic carbocycles. The standard InChI is InChI=1S/C9H17NO2/c1-6-7(2)10(4)8(11)9(6,3)12-5/h6-7H,1-5H3. The third-order valence-electron chi connectivity index (χ3n) is 3.37. The van der Waals surface area contributed by atoms with E-state index in [0.717, 1.165) is 0 Å². The molecule has 0 bridgehead atoms. The summed E-state index contributed by atoms with van der Waals surface area (Å²) in [6, 6.07) is 0.266. The number of carbonyl (C=O) groups is 1. The Morgan fingerprint density at radius 3 is 2.17 bits per heavy atom. The number of carbonyl (C=O) groups excluding carboxylic acids is 1.